The van der Waals surface area contributed by atoms with Crippen LogP contribution in [-0.4, -0.2) is 48.2 Å². The molecule has 7 heteroatoms. The highest BCUT2D eigenvalue weighted by Crippen LogP contribution is 2.23. The predicted octanol–water partition coefficient (Wildman–Crippen LogP) is 3.79. The topological polar surface area (TPSA) is 79.4 Å². The summed E-state index contributed by atoms with van der Waals surface area (Å²) in [5.74, 6) is 2.27. The van der Waals surface area contributed by atoms with Gasteiger partial charge in [-0.15, -0.1) is 0 Å². The molecule has 1 heterocycles. The number of aryl methyl sites for hydroxylation is 1. The highest BCUT2D eigenvalue weighted by Gasteiger charge is 2.23. The minimum Gasteiger partial charge on any atom is -0.491 e. The van der Waals surface area contributed by atoms with Gasteiger partial charge in [-0.3, -0.25) is 4.79 Å². The fraction of sp³-hybridized carbons (Fsp3) is 0.522. The van der Waals surface area contributed by atoms with E-state index >= 15 is 0 Å². The molecule has 30 heavy (non-hydrogen) atoms. The molecule has 7 nitrogen and oxygen atoms in total. The Labute approximate surface area is 179 Å². The second-order valence-corrected chi connectivity index (χ2v) is 8.46. The molecule has 162 valence electrons. The summed E-state index contributed by atoms with van der Waals surface area (Å²) in [7, 11) is 3.97. The van der Waals surface area contributed by atoms with Crippen molar-refractivity contribution in [1.82, 2.24) is 15.3 Å². The van der Waals surface area contributed by atoms with Gasteiger partial charge in [-0.25, -0.2) is 4.98 Å². The van der Waals surface area contributed by atoms with Gasteiger partial charge in [-0.2, -0.15) is 4.98 Å². The van der Waals surface area contributed by atoms with E-state index in [1.165, 1.54) is 0 Å². The van der Waals surface area contributed by atoms with Crippen molar-refractivity contribution in [3.8, 4) is 5.75 Å². The van der Waals surface area contributed by atoms with E-state index in [9.17, 15) is 4.79 Å². The van der Waals surface area contributed by atoms with E-state index < -0.39 is 0 Å². The first kappa shape index (κ1) is 21.9. The first-order valence-electron chi connectivity index (χ1n) is 10.7. The van der Waals surface area contributed by atoms with Crippen LogP contribution in [-0.2, 0) is 0 Å². The molecule has 1 amide bonds. The average Bonchev–Trinajstić information content (AvgIpc) is 2.70. The van der Waals surface area contributed by atoms with Crippen molar-refractivity contribution < 1.29 is 9.53 Å². The summed E-state index contributed by atoms with van der Waals surface area (Å²) >= 11 is 0. The smallest absolute Gasteiger partial charge is 0.251 e. The van der Waals surface area contributed by atoms with Gasteiger partial charge in [0.05, 0.1) is 6.10 Å². The largest absolute Gasteiger partial charge is 0.491 e. The summed E-state index contributed by atoms with van der Waals surface area (Å²) in [6.45, 7) is 5.96. The third kappa shape index (κ3) is 5.84. The Morgan fingerprint density at radius 1 is 1.17 bits per heavy atom. The van der Waals surface area contributed by atoms with Crippen molar-refractivity contribution in [2.75, 3.05) is 24.3 Å². The van der Waals surface area contributed by atoms with Gasteiger partial charge in [-0.1, -0.05) is 6.07 Å². The molecule has 1 fully saturated rings. The monoisotopic (exact) mass is 411 g/mol. The van der Waals surface area contributed by atoms with Crippen molar-refractivity contribution in [3.05, 3.63) is 41.6 Å². The van der Waals surface area contributed by atoms with Gasteiger partial charge in [-0.05, 0) is 64.7 Å². The Bertz CT molecular complexity index is 860. The van der Waals surface area contributed by atoms with Gasteiger partial charge in [0, 0.05) is 43.5 Å². The van der Waals surface area contributed by atoms with Crippen LogP contribution in [0.4, 0.5) is 11.8 Å². The summed E-state index contributed by atoms with van der Waals surface area (Å²) in [4.78, 5) is 23.7. The number of rotatable bonds is 7. The predicted molar refractivity (Wildman–Crippen MR) is 120 cm³/mol. The number of hydrogen-bond donors (Lipinski definition) is 2. The van der Waals surface area contributed by atoms with E-state index in [1.54, 1.807) is 6.07 Å². The fourth-order valence-corrected chi connectivity index (χ4v) is 3.77. The molecule has 0 bridgehead atoms. The number of nitrogens with one attached hydrogen (secondary N) is 2. The normalized spacial score (nSPS) is 18.7. The molecule has 1 aliphatic carbocycles. The summed E-state index contributed by atoms with van der Waals surface area (Å²) in [6, 6.07) is 7.87. The van der Waals surface area contributed by atoms with E-state index in [0.29, 0.717) is 17.6 Å². The van der Waals surface area contributed by atoms with Gasteiger partial charge >= 0.3 is 0 Å². The molecule has 0 unspecified atom stereocenters. The molecule has 2 aromatic rings. The number of carbonyl (C=O) groups excluding carboxylic acids is 1. The minimum atomic E-state index is -0.0434. The maximum absolute atomic E-state index is 12.6. The maximum atomic E-state index is 12.6. The van der Waals surface area contributed by atoms with Gasteiger partial charge < -0.3 is 20.3 Å². The molecule has 0 radical (unpaired) electrons. The van der Waals surface area contributed by atoms with Gasteiger partial charge in [0.1, 0.15) is 11.6 Å². The molecule has 0 aliphatic heterocycles. The lowest BCUT2D eigenvalue weighted by atomic mass is 9.91. The second kappa shape index (κ2) is 9.78. The SMILES string of the molecule is Cc1cnc(NC2CCC(NC(=O)c3cccc(OC(C)C)c3)CC2)nc1N(C)C. The van der Waals surface area contributed by atoms with Gasteiger partial charge in [0.15, 0.2) is 0 Å². The average molecular weight is 412 g/mol. The number of amides is 1. The first-order valence-corrected chi connectivity index (χ1v) is 10.7. The number of nitrogens with zero attached hydrogens (tertiary/aromatic N) is 3. The third-order valence-electron chi connectivity index (χ3n) is 5.23. The van der Waals surface area contributed by atoms with Crippen LogP contribution in [0, 0.1) is 6.92 Å². The van der Waals surface area contributed by atoms with Crippen molar-refractivity contribution in [1.29, 1.82) is 0 Å². The minimum absolute atomic E-state index is 0.0434. The maximum Gasteiger partial charge on any atom is 0.251 e. The van der Waals surface area contributed by atoms with E-state index in [0.717, 1.165) is 42.8 Å². The number of ether oxygens (including phenoxy) is 1. The molecule has 1 aliphatic rings. The zero-order valence-corrected chi connectivity index (χ0v) is 18.6. The highest BCUT2D eigenvalue weighted by molar-refractivity contribution is 5.94. The van der Waals surface area contributed by atoms with Crippen molar-refractivity contribution in [3.63, 3.8) is 0 Å². The lowest BCUT2D eigenvalue weighted by Gasteiger charge is -2.30. The summed E-state index contributed by atoms with van der Waals surface area (Å²) in [5.41, 5.74) is 1.69. The number of aromatic nitrogens is 2. The zero-order valence-electron chi connectivity index (χ0n) is 18.6. The van der Waals surface area contributed by atoms with E-state index in [4.69, 9.17) is 4.74 Å². The lowest BCUT2D eigenvalue weighted by Crippen LogP contribution is -2.40. The summed E-state index contributed by atoms with van der Waals surface area (Å²) < 4.78 is 5.69. The summed E-state index contributed by atoms with van der Waals surface area (Å²) in [6.07, 6.45) is 5.73. The molecule has 1 aromatic heterocycles. The highest BCUT2D eigenvalue weighted by atomic mass is 16.5. The number of hydrogen-bond acceptors (Lipinski definition) is 6. The molecule has 0 saturated heterocycles. The molecule has 0 spiro atoms. The van der Waals surface area contributed by atoms with Crippen molar-refractivity contribution in [2.45, 2.75) is 64.6 Å². The van der Waals surface area contributed by atoms with Crippen LogP contribution in [0.1, 0.15) is 55.5 Å². The van der Waals surface area contributed by atoms with Crippen LogP contribution >= 0.6 is 0 Å². The number of anilines is 2. The fourth-order valence-electron chi connectivity index (χ4n) is 3.77. The van der Waals surface area contributed by atoms with Gasteiger partial charge in [0.25, 0.3) is 5.91 Å². The number of carbonyl (C=O) groups is 1. The van der Waals surface area contributed by atoms with Crippen LogP contribution in [0.15, 0.2) is 30.5 Å². The van der Waals surface area contributed by atoms with Crippen LogP contribution in [0.5, 0.6) is 5.75 Å². The van der Waals surface area contributed by atoms with Crippen LogP contribution < -0.4 is 20.3 Å². The lowest BCUT2D eigenvalue weighted by molar-refractivity contribution is 0.0925. The second-order valence-electron chi connectivity index (χ2n) is 8.46. The van der Waals surface area contributed by atoms with Crippen LogP contribution in [0.2, 0.25) is 0 Å². The standard InChI is InChI=1S/C23H33N5O2/c1-15(2)30-20-8-6-7-17(13-20)22(29)25-18-9-11-19(12-10-18)26-23-24-14-16(3)21(27-23)28(4)5/h6-8,13-15,18-19H,9-12H2,1-5H3,(H,25,29)(H,24,26,27). The third-order valence-corrected chi connectivity index (χ3v) is 5.23. The van der Waals surface area contributed by atoms with E-state index in [-0.39, 0.29) is 18.1 Å². The zero-order chi connectivity index (χ0) is 21.7. The molecule has 1 saturated carbocycles. The molecular weight excluding hydrogens is 378 g/mol. The van der Waals surface area contributed by atoms with E-state index in [2.05, 4.69) is 20.6 Å². The molecule has 0 atom stereocenters. The Morgan fingerprint density at radius 2 is 1.87 bits per heavy atom. The Kier molecular flexibility index (Phi) is 7.13. The quantitative estimate of drug-likeness (QED) is 0.722. The Balaban J connectivity index is 1.51. The first-order chi connectivity index (χ1) is 14.3. The Hall–Kier alpha value is -2.83. The Morgan fingerprint density at radius 3 is 2.53 bits per heavy atom. The number of benzene rings is 1. The van der Waals surface area contributed by atoms with Crippen LogP contribution in [0.3, 0.4) is 0 Å². The molecule has 1 aromatic carbocycles. The molecule has 2 N–H and O–H groups in total. The van der Waals surface area contributed by atoms with Crippen molar-refractivity contribution in [2.24, 2.45) is 0 Å². The van der Waals surface area contributed by atoms with Crippen LogP contribution in [0.25, 0.3) is 0 Å². The van der Waals surface area contributed by atoms with Gasteiger partial charge in [0.2, 0.25) is 5.95 Å². The molecular formula is C23H33N5O2. The summed E-state index contributed by atoms with van der Waals surface area (Å²) in [5, 5.41) is 6.63. The van der Waals surface area contributed by atoms with E-state index in [1.807, 2.05) is 64.2 Å². The van der Waals surface area contributed by atoms with Crippen molar-refractivity contribution >= 4 is 17.7 Å². The molecule has 3 rings (SSSR count).